The fourth-order valence-corrected chi connectivity index (χ4v) is 2.30. The van der Waals surface area contributed by atoms with Gasteiger partial charge in [-0.2, -0.15) is 0 Å². The van der Waals surface area contributed by atoms with Gasteiger partial charge in [0.2, 0.25) is 0 Å². The molecule has 0 amide bonds. The Morgan fingerprint density at radius 2 is 2.00 bits per heavy atom. The van der Waals surface area contributed by atoms with Crippen molar-refractivity contribution in [1.29, 1.82) is 0 Å². The summed E-state index contributed by atoms with van der Waals surface area (Å²) in [6.45, 7) is 6.12. The van der Waals surface area contributed by atoms with Gasteiger partial charge in [-0.15, -0.1) is 0 Å². The Hall–Kier alpha value is -2.09. The van der Waals surface area contributed by atoms with Gasteiger partial charge in [-0.05, 0) is 30.0 Å². The van der Waals surface area contributed by atoms with E-state index in [0.29, 0.717) is 6.61 Å². The van der Waals surface area contributed by atoms with Crippen molar-refractivity contribution < 1.29 is 9.53 Å². The van der Waals surface area contributed by atoms with Crippen molar-refractivity contribution in [2.24, 2.45) is 5.92 Å². The lowest BCUT2D eigenvalue weighted by atomic mass is 9.93. The van der Waals surface area contributed by atoms with Crippen LogP contribution in [0.1, 0.15) is 31.4 Å². The molecule has 21 heavy (non-hydrogen) atoms. The predicted molar refractivity (Wildman–Crippen MR) is 86.8 cm³/mol. The van der Waals surface area contributed by atoms with Gasteiger partial charge in [0.15, 0.2) is 0 Å². The number of allylic oxidation sites excluding steroid dienone is 5. The van der Waals surface area contributed by atoms with Crippen LogP contribution in [0.15, 0.2) is 54.1 Å². The average Bonchev–Trinajstić information content (AvgIpc) is 2.50. The lowest BCUT2D eigenvalue weighted by molar-refractivity contribution is -0.145. The molecule has 1 aliphatic carbocycles. The molecular formula is C19H22O2. The summed E-state index contributed by atoms with van der Waals surface area (Å²) in [5.41, 5.74) is 4.67. The number of hydrogen-bond donors (Lipinski definition) is 0. The van der Waals surface area contributed by atoms with Gasteiger partial charge in [-0.3, -0.25) is 4.79 Å². The van der Waals surface area contributed by atoms with Crippen molar-refractivity contribution in [1.82, 2.24) is 0 Å². The van der Waals surface area contributed by atoms with Crippen molar-refractivity contribution in [3.05, 3.63) is 65.3 Å². The van der Waals surface area contributed by atoms with Crippen LogP contribution in [0.2, 0.25) is 0 Å². The number of esters is 1. The minimum atomic E-state index is -0.156. The van der Waals surface area contributed by atoms with Crippen LogP contribution in [-0.4, -0.2) is 12.6 Å². The van der Waals surface area contributed by atoms with Gasteiger partial charge in [0, 0.05) is 5.57 Å². The van der Waals surface area contributed by atoms with E-state index in [2.05, 4.69) is 31.2 Å². The van der Waals surface area contributed by atoms with E-state index >= 15 is 0 Å². The second kappa shape index (κ2) is 7.07. The number of benzene rings is 1. The zero-order chi connectivity index (χ0) is 15.2. The van der Waals surface area contributed by atoms with Crippen molar-refractivity contribution in [3.8, 4) is 0 Å². The third-order valence-corrected chi connectivity index (χ3v) is 3.57. The molecular weight excluding hydrogens is 260 g/mol. The van der Waals surface area contributed by atoms with E-state index in [4.69, 9.17) is 4.74 Å². The predicted octanol–water partition coefficient (Wildman–Crippen LogP) is 4.46. The largest absolute Gasteiger partial charge is 0.461 e. The molecule has 0 N–H and O–H groups in total. The second-order valence-corrected chi connectivity index (χ2v) is 5.57. The summed E-state index contributed by atoms with van der Waals surface area (Å²) in [6, 6.07) is 8.23. The molecule has 1 aromatic carbocycles. The highest BCUT2D eigenvalue weighted by atomic mass is 16.5. The highest BCUT2D eigenvalue weighted by Crippen LogP contribution is 2.27. The molecule has 0 spiro atoms. The maximum atomic E-state index is 11.8. The maximum Gasteiger partial charge on any atom is 0.308 e. The maximum absolute atomic E-state index is 11.8. The third-order valence-electron chi connectivity index (χ3n) is 3.57. The molecule has 0 bridgehead atoms. The molecule has 0 fully saturated rings. The number of carbonyl (C=O) groups excluding carboxylic acids is 1. The molecule has 1 aromatic rings. The van der Waals surface area contributed by atoms with E-state index < -0.39 is 0 Å². The Balaban J connectivity index is 2.32. The van der Waals surface area contributed by atoms with Crippen LogP contribution < -0.4 is 0 Å². The smallest absolute Gasteiger partial charge is 0.308 e. The summed E-state index contributed by atoms with van der Waals surface area (Å²) in [7, 11) is 0. The summed E-state index contributed by atoms with van der Waals surface area (Å²) in [6.07, 6.45) is 9.17. The summed E-state index contributed by atoms with van der Waals surface area (Å²) in [5.74, 6) is -0.257. The molecule has 2 heteroatoms. The highest BCUT2D eigenvalue weighted by molar-refractivity contribution is 5.78. The standard InChI is InChI=1S/C19H22O2/c1-14(2)19(20)21-13-18(16-10-5-4-6-11-16)17-12-8-7-9-15(17)3/h4-10,12,14H,11,13H2,1-3H3/b18-16-. The van der Waals surface area contributed by atoms with Crippen LogP contribution in [0.4, 0.5) is 0 Å². The van der Waals surface area contributed by atoms with Crippen LogP contribution in [0.5, 0.6) is 0 Å². The van der Waals surface area contributed by atoms with E-state index in [1.54, 1.807) is 0 Å². The Labute approximate surface area is 126 Å². The van der Waals surface area contributed by atoms with Crippen LogP contribution in [0, 0.1) is 12.8 Å². The zero-order valence-corrected chi connectivity index (χ0v) is 12.9. The Kier molecular flexibility index (Phi) is 5.15. The van der Waals surface area contributed by atoms with Gasteiger partial charge in [-0.25, -0.2) is 0 Å². The van der Waals surface area contributed by atoms with E-state index in [-0.39, 0.29) is 11.9 Å². The zero-order valence-electron chi connectivity index (χ0n) is 12.9. The fraction of sp³-hybridized carbons (Fsp3) is 0.316. The number of hydrogen-bond acceptors (Lipinski definition) is 2. The van der Waals surface area contributed by atoms with E-state index in [1.165, 1.54) is 11.1 Å². The normalized spacial score (nSPS) is 16.2. The van der Waals surface area contributed by atoms with Crippen molar-refractivity contribution >= 4 is 11.5 Å². The number of ether oxygens (including phenoxy) is 1. The quantitative estimate of drug-likeness (QED) is 0.762. The van der Waals surface area contributed by atoms with Crippen molar-refractivity contribution in [2.45, 2.75) is 27.2 Å². The molecule has 0 radical (unpaired) electrons. The third kappa shape index (κ3) is 3.94. The highest BCUT2D eigenvalue weighted by Gasteiger charge is 2.14. The topological polar surface area (TPSA) is 26.3 Å². The SMILES string of the molecule is Cc1ccccc1/C(COC(=O)C(C)C)=C1/C=CC=CC1. The number of carbonyl (C=O) groups is 1. The van der Waals surface area contributed by atoms with Crippen LogP contribution in [0.25, 0.3) is 5.57 Å². The Morgan fingerprint density at radius 3 is 2.62 bits per heavy atom. The minimum Gasteiger partial charge on any atom is -0.461 e. The monoisotopic (exact) mass is 282 g/mol. The fourth-order valence-electron chi connectivity index (χ4n) is 2.30. The number of aryl methyl sites for hydroxylation is 1. The second-order valence-electron chi connectivity index (χ2n) is 5.57. The average molecular weight is 282 g/mol. The van der Waals surface area contributed by atoms with Crippen molar-refractivity contribution in [2.75, 3.05) is 6.61 Å². The summed E-state index contributed by atoms with van der Waals surface area (Å²) in [4.78, 5) is 11.8. The Morgan fingerprint density at radius 1 is 1.24 bits per heavy atom. The molecule has 0 aromatic heterocycles. The molecule has 0 saturated carbocycles. The summed E-state index contributed by atoms with van der Waals surface area (Å²) >= 11 is 0. The first-order valence-corrected chi connectivity index (χ1v) is 7.37. The molecule has 1 aliphatic rings. The van der Waals surface area contributed by atoms with Gasteiger partial charge >= 0.3 is 5.97 Å². The van der Waals surface area contributed by atoms with E-state index in [9.17, 15) is 4.79 Å². The first kappa shape index (κ1) is 15.3. The molecule has 0 saturated heterocycles. The first-order chi connectivity index (χ1) is 10.1. The molecule has 0 unspecified atom stereocenters. The van der Waals surface area contributed by atoms with Crippen LogP contribution in [-0.2, 0) is 9.53 Å². The van der Waals surface area contributed by atoms with E-state index in [0.717, 1.165) is 17.6 Å². The summed E-state index contributed by atoms with van der Waals surface area (Å²) < 4.78 is 5.47. The molecule has 0 aliphatic heterocycles. The van der Waals surface area contributed by atoms with Gasteiger partial charge in [-0.1, -0.05) is 62.4 Å². The lowest BCUT2D eigenvalue weighted by Crippen LogP contribution is -2.14. The minimum absolute atomic E-state index is 0.102. The molecule has 2 rings (SSSR count). The Bertz CT molecular complexity index is 604. The molecule has 0 heterocycles. The lowest BCUT2D eigenvalue weighted by Gasteiger charge is -2.17. The molecule has 0 atom stereocenters. The van der Waals surface area contributed by atoms with Gasteiger partial charge in [0.1, 0.15) is 6.61 Å². The van der Waals surface area contributed by atoms with Crippen molar-refractivity contribution in [3.63, 3.8) is 0 Å². The van der Waals surface area contributed by atoms with Crippen LogP contribution in [0.3, 0.4) is 0 Å². The van der Waals surface area contributed by atoms with Gasteiger partial charge in [0.25, 0.3) is 0 Å². The van der Waals surface area contributed by atoms with E-state index in [1.807, 2.05) is 38.1 Å². The van der Waals surface area contributed by atoms with Crippen LogP contribution >= 0.6 is 0 Å². The molecule has 110 valence electrons. The first-order valence-electron chi connectivity index (χ1n) is 7.37. The van der Waals surface area contributed by atoms with Gasteiger partial charge < -0.3 is 4.74 Å². The summed E-state index contributed by atoms with van der Waals surface area (Å²) in [5, 5.41) is 0. The van der Waals surface area contributed by atoms with Gasteiger partial charge in [0.05, 0.1) is 5.92 Å². The number of rotatable bonds is 4. The molecule has 2 nitrogen and oxygen atoms in total.